The second-order valence-electron chi connectivity index (χ2n) is 3.73. The number of aromatic amines is 1. The van der Waals surface area contributed by atoms with E-state index in [1.807, 2.05) is 6.92 Å². The van der Waals surface area contributed by atoms with Gasteiger partial charge >= 0.3 is 0 Å². The number of imidazole rings is 1. The monoisotopic (exact) mass is 270 g/mol. The minimum atomic E-state index is -3.62. The molecule has 0 fully saturated rings. The standard InChI is InChI=1S/C9H14N6O2S/c1-3-15-6-10-4-8(15)18(16,17)14-7(2)9-11-5-12-13-9/h4-7,14H,3H2,1-2H3,(H,11,12,13). The zero-order chi connectivity index (χ0) is 13.2. The van der Waals surface area contributed by atoms with E-state index in [2.05, 4.69) is 24.9 Å². The molecule has 0 saturated heterocycles. The van der Waals surface area contributed by atoms with Crippen LogP contribution in [-0.2, 0) is 16.6 Å². The van der Waals surface area contributed by atoms with Crippen molar-refractivity contribution in [1.29, 1.82) is 0 Å². The largest absolute Gasteiger partial charge is 0.321 e. The molecule has 0 spiro atoms. The quantitative estimate of drug-likeness (QED) is 0.799. The Labute approximate surface area is 105 Å². The molecule has 0 amide bonds. The number of aryl methyl sites for hydroxylation is 1. The number of aromatic nitrogens is 5. The van der Waals surface area contributed by atoms with E-state index in [-0.39, 0.29) is 5.03 Å². The molecule has 0 radical (unpaired) electrons. The Morgan fingerprint density at radius 3 is 2.94 bits per heavy atom. The predicted octanol–water partition coefficient (Wildman–Crippen LogP) is 0.0606. The van der Waals surface area contributed by atoms with Crippen LogP contribution < -0.4 is 4.72 Å². The van der Waals surface area contributed by atoms with Crippen LogP contribution in [0, 0.1) is 0 Å². The SMILES string of the molecule is CCn1cncc1S(=O)(=O)NC(C)c1ncn[nH]1. The van der Waals surface area contributed by atoms with E-state index in [9.17, 15) is 8.42 Å². The fraction of sp³-hybridized carbons (Fsp3) is 0.444. The maximum Gasteiger partial charge on any atom is 0.258 e. The molecule has 2 heterocycles. The Morgan fingerprint density at radius 2 is 2.33 bits per heavy atom. The molecule has 0 aliphatic rings. The molecule has 2 rings (SSSR count). The highest BCUT2D eigenvalue weighted by Crippen LogP contribution is 2.13. The van der Waals surface area contributed by atoms with E-state index in [1.54, 1.807) is 11.5 Å². The number of sulfonamides is 1. The van der Waals surface area contributed by atoms with Crippen molar-refractivity contribution in [2.24, 2.45) is 0 Å². The van der Waals surface area contributed by atoms with Gasteiger partial charge in [0.15, 0.2) is 5.03 Å². The third kappa shape index (κ3) is 2.41. The van der Waals surface area contributed by atoms with Gasteiger partial charge in [-0.1, -0.05) is 0 Å². The Balaban J connectivity index is 2.23. The van der Waals surface area contributed by atoms with Crippen molar-refractivity contribution in [2.75, 3.05) is 0 Å². The molecule has 2 aromatic heterocycles. The summed E-state index contributed by atoms with van der Waals surface area (Å²) in [5.41, 5.74) is 0. The van der Waals surface area contributed by atoms with Crippen LogP contribution >= 0.6 is 0 Å². The summed E-state index contributed by atoms with van der Waals surface area (Å²) in [4.78, 5) is 7.75. The molecule has 18 heavy (non-hydrogen) atoms. The lowest BCUT2D eigenvalue weighted by atomic mass is 10.3. The topological polar surface area (TPSA) is 106 Å². The maximum absolute atomic E-state index is 12.1. The highest BCUT2D eigenvalue weighted by atomic mass is 32.2. The Bertz CT molecular complexity index is 603. The van der Waals surface area contributed by atoms with Crippen molar-refractivity contribution < 1.29 is 8.42 Å². The zero-order valence-corrected chi connectivity index (χ0v) is 10.8. The smallest absolute Gasteiger partial charge is 0.258 e. The van der Waals surface area contributed by atoms with E-state index < -0.39 is 16.1 Å². The van der Waals surface area contributed by atoms with E-state index in [0.717, 1.165) is 0 Å². The molecule has 0 bridgehead atoms. The molecule has 8 nitrogen and oxygen atoms in total. The van der Waals surface area contributed by atoms with Crippen molar-refractivity contribution in [3.8, 4) is 0 Å². The molecule has 0 aliphatic heterocycles. The third-order valence-electron chi connectivity index (χ3n) is 2.47. The van der Waals surface area contributed by atoms with Crippen LogP contribution in [0.15, 0.2) is 23.9 Å². The van der Waals surface area contributed by atoms with Crippen molar-refractivity contribution in [2.45, 2.75) is 31.5 Å². The lowest BCUT2D eigenvalue weighted by Gasteiger charge is -2.12. The Hall–Kier alpha value is -1.74. The highest BCUT2D eigenvalue weighted by molar-refractivity contribution is 7.89. The number of rotatable bonds is 5. The summed E-state index contributed by atoms with van der Waals surface area (Å²) in [6.07, 6.45) is 4.13. The van der Waals surface area contributed by atoms with Gasteiger partial charge in [0.05, 0.1) is 18.6 Å². The second kappa shape index (κ2) is 4.86. The molecule has 1 atom stereocenters. The summed E-state index contributed by atoms with van der Waals surface area (Å²) < 4.78 is 28.4. The van der Waals surface area contributed by atoms with Crippen molar-refractivity contribution in [3.63, 3.8) is 0 Å². The molecule has 0 aromatic carbocycles. The number of nitrogens with zero attached hydrogens (tertiary/aromatic N) is 4. The first kappa shape index (κ1) is 12.7. The first-order chi connectivity index (χ1) is 8.54. The second-order valence-corrected chi connectivity index (χ2v) is 5.39. The van der Waals surface area contributed by atoms with Crippen LogP contribution in [0.1, 0.15) is 25.7 Å². The van der Waals surface area contributed by atoms with Gasteiger partial charge in [0, 0.05) is 6.54 Å². The molecule has 2 N–H and O–H groups in total. The van der Waals surface area contributed by atoms with Gasteiger partial charge in [-0.05, 0) is 13.8 Å². The third-order valence-corrected chi connectivity index (χ3v) is 4.02. The number of hydrogen-bond acceptors (Lipinski definition) is 5. The van der Waals surface area contributed by atoms with Gasteiger partial charge in [-0.25, -0.2) is 18.4 Å². The van der Waals surface area contributed by atoms with Crippen LogP contribution in [-0.4, -0.2) is 33.2 Å². The predicted molar refractivity (Wildman–Crippen MR) is 63.0 cm³/mol. The van der Waals surface area contributed by atoms with E-state index in [0.29, 0.717) is 12.4 Å². The molecular weight excluding hydrogens is 256 g/mol. The average Bonchev–Trinajstić information content (AvgIpc) is 2.99. The number of H-pyrrole nitrogens is 1. The van der Waals surface area contributed by atoms with Gasteiger partial charge in [-0.15, -0.1) is 0 Å². The fourth-order valence-corrected chi connectivity index (χ4v) is 2.92. The zero-order valence-electron chi connectivity index (χ0n) is 10.0. The number of hydrogen-bond donors (Lipinski definition) is 2. The molecule has 1 unspecified atom stereocenters. The van der Waals surface area contributed by atoms with E-state index >= 15 is 0 Å². The molecule has 98 valence electrons. The minimum Gasteiger partial charge on any atom is -0.321 e. The van der Waals surface area contributed by atoms with Crippen LogP contribution in [0.5, 0.6) is 0 Å². The molecule has 0 aliphatic carbocycles. The average molecular weight is 270 g/mol. The minimum absolute atomic E-state index is 0.136. The lowest BCUT2D eigenvalue weighted by Crippen LogP contribution is -2.29. The maximum atomic E-state index is 12.1. The first-order valence-corrected chi connectivity index (χ1v) is 6.90. The molecule has 9 heteroatoms. The van der Waals surface area contributed by atoms with E-state index in [4.69, 9.17) is 0 Å². The van der Waals surface area contributed by atoms with Crippen LogP contribution in [0.2, 0.25) is 0 Å². The van der Waals surface area contributed by atoms with Gasteiger partial charge in [0.25, 0.3) is 10.0 Å². The van der Waals surface area contributed by atoms with Crippen molar-refractivity contribution >= 4 is 10.0 Å². The van der Waals surface area contributed by atoms with Gasteiger partial charge < -0.3 is 4.57 Å². The van der Waals surface area contributed by atoms with E-state index in [1.165, 1.54) is 18.9 Å². The van der Waals surface area contributed by atoms with Gasteiger partial charge in [-0.3, -0.25) is 5.10 Å². The Morgan fingerprint density at radius 1 is 1.56 bits per heavy atom. The van der Waals surface area contributed by atoms with Crippen LogP contribution in [0.25, 0.3) is 0 Å². The van der Waals surface area contributed by atoms with Crippen LogP contribution in [0.3, 0.4) is 0 Å². The highest BCUT2D eigenvalue weighted by Gasteiger charge is 2.22. The Kier molecular flexibility index (Phi) is 3.43. The van der Waals surface area contributed by atoms with Crippen molar-refractivity contribution in [1.82, 2.24) is 29.5 Å². The molecular formula is C9H14N6O2S. The van der Waals surface area contributed by atoms with Gasteiger partial charge in [0.2, 0.25) is 0 Å². The van der Waals surface area contributed by atoms with Gasteiger partial charge in [-0.2, -0.15) is 9.82 Å². The summed E-state index contributed by atoms with van der Waals surface area (Å²) in [6.45, 7) is 4.07. The normalized spacial score (nSPS) is 13.7. The molecule has 2 aromatic rings. The summed E-state index contributed by atoms with van der Waals surface area (Å²) >= 11 is 0. The summed E-state index contributed by atoms with van der Waals surface area (Å²) in [6, 6.07) is -0.488. The summed E-state index contributed by atoms with van der Waals surface area (Å²) in [7, 11) is -3.62. The molecule has 0 saturated carbocycles. The first-order valence-electron chi connectivity index (χ1n) is 5.42. The number of nitrogens with one attached hydrogen (secondary N) is 2. The summed E-state index contributed by atoms with van der Waals surface area (Å²) in [5, 5.41) is 6.44. The van der Waals surface area contributed by atoms with Crippen molar-refractivity contribution in [3.05, 3.63) is 24.7 Å². The summed E-state index contributed by atoms with van der Waals surface area (Å²) in [5.74, 6) is 0.459. The van der Waals surface area contributed by atoms with Crippen LogP contribution in [0.4, 0.5) is 0 Å². The van der Waals surface area contributed by atoms with Gasteiger partial charge in [0.1, 0.15) is 12.2 Å². The fourth-order valence-electron chi connectivity index (χ4n) is 1.54. The lowest BCUT2D eigenvalue weighted by molar-refractivity contribution is 0.545.